The number of imidazole rings is 1. The molecule has 0 spiro atoms. The van der Waals surface area contributed by atoms with E-state index >= 15 is 0 Å². The lowest BCUT2D eigenvalue weighted by atomic mass is 9.92. The number of fused-ring (bicyclic) bond motifs is 1. The molecule has 18 heavy (non-hydrogen) atoms. The topological polar surface area (TPSA) is 43.8 Å². The van der Waals surface area contributed by atoms with E-state index in [1.807, 2.05) is 10.6 Å². The van der Waals surface area contributed by atoms with Gasteiger partial charge in [-0.2, -0.15) is 0 Å². The van der Waals surface area contributed by atoms with E-state index in [0.29, 0.717) is 16.0 Å². The third-order valence-corrected chi connectivity index (χ3v) is 3.63. The number of aryl methyl sites for hydroxylation is 1. The number of hydrogen-bond acceptors (Lipinski definition) is 2. The molecule has 0 saturated heterocycles. The van der Waals surface area contributed by atoms with Gasteiger partial charge in [0.25, 0.3) is 0 Å². The molecule has 5 heteroatoms. The molecule has 0 fully saturated rings. The normalized spacial score (nSPS) is 12.3. The molecule has 1 heterocycles. The highest BCUT2D eigenvalue weighted by atomic mass is 35.5. The van der Waals surface area contributed by atoms with Crippen molar-refractivity contribution in [1.82, 2.24) is 9.55 Å². The maximum absolute atomic E-state index is 6.05. The molecule has 98 valence electrons. The third-order valence-electron chi connectivity index (χ3n) is 2.91. The van der Waals surface area contributed by atoms with Crippen LogP contribution in [0.5, 0.6) is 0 Å². The Morgan fingerprint density at radius 1 is 1.22 bits per heavy atom. The Balaban J connectivity index is 2.44. The lowest BCUT2D eigenvalue weighted by Crippen LogP contribution is -2.12. The molecule has 0 radical (unpaired) electrons. The van der Waals surface area contributed by atoms with E-state index in [0.717, 1.165) is 24.0 Å². The van der Waals surface area contributed by atoms with Crippen molar-refractivity contribution in [2.45, 2.75) is 33.7 Å². The molecular weight excluding hydrogens is 269 g/mol. The standard InChI is InChI=1S/C13H17Cl2N3/c1-13(2,3)4-5-18-11-7-9(15)8(14)6-10(11)17-12(18)16/h6-7H,4-5H2,1-3H3,(H2,16,17). The number of nitrogens with zero attached hydrogens (tertiary/aromatic N) is 2. The summed E-state index contributed by atoms with van der Waals surface area (Å²) in [6.07, 6.45) is 1.02. The lowest BCUT2D eigenvalue weighted by molar-refractivity contribution is 0.354. The predicted molar refractivity (Wildman–Crippen MR) is 78.2 cm³/mol. The summed E-state index contributed by atoms with van der Waals surface area (Å²) in [7, 11) is 0. The van der Waals surface area contributed by atoms with Crippen LogP contribution in [-0.4, -0.2) is 9.55 Å². The average molecular weight is 286 g/mol. The molecule has 3 nitrogen and oxygen atoms in total. The van der Waals surface area contributed by atoms with Gasteiger partial charge in [0.2, 0.25) is 5.95 Å². The molecule has 1 aromatic heterocycles. The van der Waals surface area contributed by atoms with E-state index in [4.69, 9.17) is 28.9 Å². The van der Waals surface area contributed by atoms with Crippen molar-refractivity contribution < 1.29 is 0 Å². The molecule has 1 aromatic carbocycles. The Morgan fingerprint density at radius 3 is 2.44 bits per heavy atom. The quantitative estimate of drug-likeness (QED) is 0.891. The molecule has 0 bridgehead atoms. The summed E-state index contributed by atoms with van der Waals surface area (Å²) in [6.45, 7) is 7.42. The van der Waals surface area contributed by atoms with Gasteiger partial charge in [0.15, 0.2) is 0 Å². The average Bonchev–Trinajstić information content (AvgIpc) is 2.51. The van der Waals surface area contributed by atoms with Gasteiger partial charge in [-0.3, -0.25) is 0 Å². The van der Waals surface area contributed by atoms with Crippen LogP contribution in [-0.2, 0) is 6.54 Å². The number of hydrogen-bond donors (Lipinski definition) is 1. The number of nitrogens with two attached hydrogens (primary N) is 1. The molecule has 2 rings (SSSR count). The van der Waals surface area contributed by atoms with Crippen LogP contribution in [0.15, 0.2) is 12.1 Å². The van der Waals surface area contributed by atoms with Crippen LogP contribution in [0.25, 0.3) is 11.0 Å². The maximum Gasteiger partial charge on any atom is 0.201 e. The number of rotatable bonds is 2. The number of anilines is 1. The Kier molecular flexibility index (Phi) is 3.47. The largest absolute Gasteiger partial charge is 0.369 e. The summed E-state index contributed by atoms with van der Waals surface area (Å²) in [5, 5.41) is 1.03. The van der Waals surface area contributed by atoms with Crippen molar-refractivity contribution in [1.29, 1.82) is 0 Å². The molecule has 0 aliphatic heterocycles. The number of benzene rings is 1. The second-order valence-corrected chi connectivity index (χ2v) is 6.50. The van der Waals surface area contributed by atoms with Gasteiger partial charge in [-0.1, -0.05) is 44.0 Å². The lowest BCUT2D eigenvalue weighted by Gasteiger charge is -2.18. The number of halogens is 2. The summed E-state index contributed by atoms with van der Waals surface area (Å²) in [5.41, 5.74) is 7.92. The zero-order valence-corrected chi connectivity index (χ0v) is 12.3. The smallest absolute Gasteiger partial charge is 0.201 e. The van der Waals surface area contributed by atoms with Crippen molar-refractivity contribution in [3.8, 4) is 0 Å². The van der Waals surface area contributed by atoms with Gasteiger partial charge in [0.05, 0.1) is 21.1 Å². The molecule has 2 N–H and O–H groups in total. The third kappa shape index (κ3) is 2.73. The first-order valence-corrected chi connectivity index (χ1v) is 6.64. The summed E-state index contributed by atoms with van der Waals surface area (Å²) < 4.78 is 1.99. The number of nitrogen functional groups attached to an aromatic ring is 1. The molecule has 0 aliphatic carbocycles. The van der Waals surface area contributed by atoms with E-state index in [9.17, 15) is 0 Å². The molecule has 0 amide bonds. The Labute approximate surface area is 117 Å². The minimum absolute atomic E-state index is 0.249. The zero-order valence-electron chi connectivity index (χ0n) is 10.8. The van der Waals surface area contributed by atoms with Crippen molar-refractivity contribution >= 4 is 40.2 Å². The Hall–Kier alpha value is -0.930. The van der Waals surface area contributed by atoms with Crippen molar-refractivity contribution in [3.63, 3.8) is 0 Å². The first kappa shape index (κ1) is 13.5. The zero-order chi connectivity index (χ0) is 13.5. The second-order valence-electron chi connectivity index (χ2n) is 5.69. The SMILES string of the molecule is CC(C)(C)CCn1c(N)nc2cc(Cl)c(Cl)cc21. The van der Waals surface area contributed by atoms with Gasteiger partial charge in [-0.05, 0) is 24.0 Å². The molecule has 0 unspecified atom stereocenters. The minimum atomic E-state index is 0.249. The van der Waals surface area contributed by atoms with Crippen LogP contribution in [0.1, 0.15) is 27.2 Å². The van der Waals surface area contributed by atoms with E-state index in [2.05, 4.69) is 25.8 Å². The molecule has 0 aliphatic rings. The highest BCUT2D eigenvalue weighted by Crippen LogP contribution is 2.30. The van der Waals surface area contributed by atoms with E-state index in [-0.39, 0.29) is 5.41 Å². The van der Waals surface area contributed by atoms with Crippen LogP contribution in [0.3, 0.4) is 0 Å². The maximum atomic E-state index is 6.05. The Morgan fingerprint density at radius 2 is 1.83 bits per heavy atom. The summed E-state index contributed by atoms with van der Waals surface area (Å²) in [4.78, 5) is 4.31. The van der Waals surface area contributed by atoms with Gasteiger partial charge in [-0.25, -0.2) is 4.98 Å². The van der Waals surface area contributed by atoms with Gasteiger partial charge in [-0.15, -0.1) is 0 Å². The summed E-state index contributed by atoms with van der Waals surface area (Å²) in [6, 6.07) is 3.58. The van der Waals surface area contributed by atoms with Gasteiger partial charge in [0, 0.05) is 6.54 Å². The highest BCUT2D eigenvalue weighted by molar-refractivity contribution is 6.42. The van der Waals surface area contributed by atoms with Crippen molar-refractivity contribution in [2.75, 3.05) is 5.73 Å². The number of aromatic nitrogens is 2. The van der Waals surface area contributed by atoms with E-state index in [1.54, 1.807) is 6.07 Å². The molecule has 0 atom stereocenters. The summed E-state index contributed by atoms with van der Waals surface area (Å²) in [5.74, 6) is 0.507. The monoisotopic (exact) mass is 285 g/mol. The predicted octanol–water partition coefficient (Wildman–Crippen LogP) is 4.36. The van der Waals surface area contributed by atoms with Crippen molar-refractivity contribution in [2.24, 2.45) is 5.41 Å². The van der Waals surface area contributed by atoms with Crippen LogP contribution in [0.4, 0.5) is 5.95 Å². The van der Waals surface area contributed by atoms with Crippen LogP contribution in [0.2, 0.25) is 10.0 Å². The van der Waals surface area contributed by atoms with Crippen LogP contribution >= 0.6 is 23.2 Å². The van der Waals surface area contributed by atoms with Gasteiger partial charge < -0.3 is 10.3 Å². The van der Waals surface area contributed by atoms with Crippen LogP contribution < -0.4 is 5.73 Å². The molecular formula is C13H17Cl2N3. The Bertz CT molecular complexity index is 582. The van der Waals surface area contributed by atoms with Crippen LogP contribution in [0, 0.1) is 5.41 Å². The summed E-state index contributed by atoms with van der Waals surface area (Å²) >= 11 is 12.0. The fourth-order valence-electron chi connectivity index (χ4n) is 1.82. The van der Waals surface area contributed by atoms with Crippen molar-refractivity contribution in [3.05, 3.63) is 22.2 Å². The van der Waals surface area contributed by atoms with Gasteiger partial charge >= 0.3 is 0 Å². The molecule has 0 saturated carbocycles. The minimum Gasteiger partial charge on any atom is -0.369 e. The fourth-order valence-corrected chi connectivity index (χ4v) is 2.14. The molecule has 2 aromatic rings. The highest BCUT2D eigenvalue weighted by Gasteiger charge is 2.15. The van der Waals surface area contributed by atoms with Gasteiger partial charge in [0.1, 0.15) is 0 Å². The van der Waals surface area contributed by atoms with E-state index in [1.165, 1.54) is 0 Å². The first-order valence-electron chi connectivity index (χ1n) is 5.89. The first-order chi connectivity index (χ1) is 8.28. The fraction of sp³-hybridized carbons (Fsp3) is 0.462. The second kappa shape index (κ2) is 4.63. The van der Waals surface area contributed by atoms with E-state index < -0.39 is 0 Å².